The summed E-state index contributed by atoms with van der Waals surface area (Å²) in [5.41, 5.74) is 1.84. The Kier molecular flexibility index (Phi) is 1.81. The van der Waals surface area contributed by atoms with Crippen LogP contribution in [0.3, 0.4) is 0 Å². The van der Waals surface area contributed by atoms with Crippen molar-refractivity contribution in [2.75, 3.05) is 0 Å². The van der Waals surface area contributed by atoms with Crippen molar-refractivity contribution in [3.8, 4) is 0 Å². The van der Waals surface area contributed by atoms with Crippen molar-refractivity contribution in [2.24, 2.45) is 7.05 Å². The second-order valence-electron chi connectivity index (χ2n) is 3.06. The molecule has 2 rings (SSSR count). The van der Waals surface area contributed by atoms with Crippen molar-refractivity contribution >= 4 is 17.2 Å². The van der Waals surface area contributed by atoms with Crippen LogP contribution in [0, 0.1) is 0 Å². The van der Waals surface area contributed by atoms with E-state index >= 15 is 0 Å². The van der Waals surface area contributed by atoms with Crippen molar-refractivity contribution in [2.45, 2.75) is 0 Å². The molecule has 13 heavy (non-hydrogen) atoms. The summed E-state index contributed by atoms with van der Waals surface area (Å²) in [4.78, 5) is 10.6. The van der Waals surface area contributed by atoms with E-state index in [4.69, 9.17) is 0 Å². The van der Waals surface area contributed by atoms with Gasteiger partial charge in [-0.05, 0) is 12.1 Å². The van der Waals surface area contributed by atoms with E-state index in [1.54, 1.807) is 0 Å². The maximum absolute atomic E-state index is 10.6. The third-order valence-corrected chi connectivity index (χ3v) is 2.12. The minimum absolute atomic E-state index is 0.709. The van der Waals surface area contributed by atoms with E-state index in [0.717, 1.165) is 17.2 Å². The molecule has 2 heteroatoms. The van der Waals surface area contributed by atoms with Gasteiger partial charge in [-0.1, -0.05) is 12.1 Å². The number of hydrogen-bond donors (Lipinski definition) is 0. The Morgan fingerprint density at radius 2 is 2.08 bits per heavy atom. The number of aryl methyl sites for hydroxylation is 1. The van der Waals surface area contributed by atoms with E-state index in [2.05, 4.69) is 0 Å². The summed E-state index contributed by atoms with van der Waals surface area (Å²) in [5.74, 6) is 0. The monoisotopic (exact) mass is 172 g/mol. The zero-order valence-electron chi connectivity index (χ0n) is 7.40. The van der Waals surface area contributed by atoms with Crippen molar-refractivity contribution < 1.29 is 9.36 Å². The highest BCUT2D eigenvalue weighted by molar-refractivity contribution is 5.83. The van der Waals surface area contributed by atoms with Crippen LogP contribution in [0.5, 0.6) is 0 Å². The molecule has 0 atom stereocenters. The predicted molar refractivity (Wildman–Crippen MR) is 50.5 cm³/mol. The first-order valence-corrected chi connectivity index (χ1v) is 4.15. The van der Waals surface area contributed by atoms with Crippen molar-refractivity contribution in [3.63, 3.8) is 0 Å². The van der Waals surface area contributed by atoms with Crippen LogP contribution in [-0.2, 0) is 7.05 Å². The van der Waals surface area contributed by atoms with Crippen LogP contribution < -0.4 is 4.57 Å². The molecule has 0 aliphatic carbocycles. The van der Waals surface area contributed by atoms with E-state index in [0.29, 0.717) is 5.56 Å². The average molecular weight is 172 g/mol. The number of fused-ring (bicyclic) bond motifs is 1. The lowest BCUT2D eigenvalue weighted by molar-refractivity contribution is -0.645. The summed E-state index contributed by atoms with van der Waals surface area (Å²) in [6.07, 6.45) is 2.70. The molecule has 0 radical (unpaired) electrons. The van der Waals surface area contributed by atoms with Gasteiger partial charge in [0, 0.05) is 11.5 Å². The fourth-order valence-electron chi connectivity index (χ4n) is 1.51. The lowest BCUT2D eigenvalue weighted by Crippen LogP contribution is -2.29. The molecule has 0 saturated carbocycles. The molecule has 1 aromatic heterocycles. The molecule has 64 valence electrons. The zero-order valence-corrected chi connectivity index (χ0v) is 7.40. The minimum atomic E-state index is 0.709. The van der Waals surface area contributed by atoms with Crippen molar-refractivity contribution in [3.05, 3.63) is 42.1 Å². The lowest BCUT2D eigenvalue weighted by atomic mass is 10.2. The van der Waals surface area contributed by atoms with E-state index in [1.165, 1.54) is 0 Å². The lowest BCUT2D eigenvalue weighted by Gasteiger charge is -1.96. The number of aldehydes is 1. The van der Waals surface area contributed by atoms with Gasteiger partial charge in [0.25, 0.3) is 0 Å². The summed E-state index contributed by atoms with van der Waals surface area (Å²) < 4.78 is 1.96. The van der Waals surface area contributed by atoms with Gasteiger partial charge in [0.15, 0.2) is 12.5 Å². The van der Waals surface area contributed by atoms with Gasteiger partial charge < -0.3 is 0 Å². The Morgan fingerprint density at radius 1 is 1.31 bits per heavy atom. The van der Waals surface area contributed by atoms with Crippen molar-refractivity contribution in [1.82, 2.24) is 0 Å². The van der Waals surface area contributed by atoms with Gasteiger partial charge in [0.05, 0.1) is 5.56 Å². The molecule has 0 bridgehead atoms. The molecule has 0 fully saturated rings. The Labute approximate surface area is 76.4 Å². The Balaban J connectivity index is 2.84. The third kappa shape index (κ3) is 1.31. The number of aromatic nitrogens is 1. The molecule has 2 aromatic rings. The number of carbonyl (C=O) groups excluding carboxylic acids is 1. The van der Waals surface area contributed by atoms with E-state index in [-0.39, 0.29) is 0 Å². The first kappa shape index (κ1) is 7.92. The summed E-state index contributed by atoms with van der Waals surface area (Å²) in [6, 6.07) is 9.88. The van der Waals surface area contributed by atoms with Gasteiger partial charge >= 0.3 is 0 Å². The standard InChI is InChI=1S/C11H10NO/c1-12-7-9(8-13)6-10-4-2-3-5-11(10)12/h2-8H,1H3/q+1. The van der Waals surface area contributed by atoms with Crippen LogP contribution in [0.4, 0.5) is 0 Å². The smallest absolute Gasteiger partial charge is 0.212 e. The molecule has 2 nitrogen and oxygen atoms in total. The highest BCUT2D eigenvalue weighted by Crippen LogP contribution is 2.09. The first-order chi connectivity index (χ1) is 6.31. The molecule has 1 heterocycles. The normalized spacial score (nSPS) is 10.2. The Hall–Kier alpha value is -1.70. The maximum atomic E-state index is 10.6. The first-order valence-electron chi connectivity index (χ1n) is 4.15. The number of pyridine rings is 1. The second kappa shape index (κ2) is 2.98. The largest absolute Gasteiger partial charge is 0.298 e. The molecule has 0 N–H and O–H groups in total. The Morgan fingerprint density at radius 3 is 2.85 bits per heavy atom. The SMILES string of the molecule is C[n+]1cc(C=O)cc2ccccc21. The molecular weight excluding hydrogens is 162 g/mol. The number of carbonyl (C=O) groups is 1. The topological polar surface area (TPSA) is 20.9 Å². The quantitative estimate of drug-likeness (QED) is 0.471. The highest BCUT2D eigenvalue weighted by Gasteiger charge is 2.05. The summed E-state index contributed by atoms with van der Waals surface area (Å²) in [7, 11) is 1.94. The maximum Gasteiger partial charge on any atom is 0.212 e. The van der Waals surface area contributed by atoms with Crippen LogP contribution in [0.1, 0.15) is 10.4 Å². The molecule has 0 unspecified atom stereocenters. The predicted octanol–water partition coefficient (Wildman–Crippen LogP) is 1.48. The van der Waals surface area contributed by atoms with Gasteiger partial charge in [-0.25, -0.2) is 4.57 Å². The van der Waals surface area contributed by atoms with Gasteiger partial charge in [0.2, 0.25) is 5.52 Å². The van der Waals surface area contributed by atoms with Gasteiger partial charge in [-0.2, -0.15) is 0 Å². The van der Waals surface area contributed by atoms with Crippen molar-refractivity contribution in [1.29, 1.82) is 0 Å². The molecule has 0 saturated heterocycles. The van der Waals surface area contributed by atoms with Gasteiger partial charge in [0.1, 0.15) is 7.05 Å². The van der Waals surface area contributed by atoms with Crippen LogP contribution in [0.2, 0.25) is 0 Å². The number of benzene rings is 1. The zero-order chi connectivity index (χ0) is 9.26. The van der Waals surface area contributed by atoms with E-state index < -0.39 is 0 Å². The average Bonchev–Trinajstić information content (AvgIpc) is 2.18. The van der Waals surface area contributed by atoms with E-state index in [9.17, 15) is 4.79 Å². The van der Waals surface area contributed by atoms with Gasteiger partial charge in [-0.15, -0.1) is 0 Å². The molecule has 0 amide bonds. The molecular formula is C11H10NO+. The number of hydrogen-bond acceptors (Lipinski definition) is 1. The fraction of sp³-hybridized carbons (Fsp3) is 0.0909. The minimum Gasteiger partial charge on any atom is -0.298 e. The van der Waals surface area contributed by atoms with Crippen LogP contribution in [0.25, 0.3) is 10.9 Å². The number of nitrogens with zero attached hydrogens (tertiary/aromatic N) is 1. The molecule has 0 aliphatic rings. The molecule has 0 aliphatic heterocycles. The number of para-hydroxylation sites is 1. The third-order valence-electron chi connectivity index (χ3n) is 2.12. The van der Waals surface area contributed by atoms with Crippen LogP contribution >= 0.6 is 0 Å². The molecule has 0 spiro atoms. The summed E-state index contributed by atoms with van der Waals surface area (Å²) in [5, 5.41) is 1.09. The Bertz CT molecular complexity index is 463. The summed E-state index contributed by atoms with van der Waals surface area (Å²) >= 11 is 0. The fourth-order valence-corrected chi connectivity index (χ4v) is 1.51. The van der Waals surface area contributed by atoms with Crippen LogP contribution in [-0.4, -0.2) is 6.29 Å². The molecule has 1 aromatic carbocycles. The number of rotatable bonds is 1. The van der Waals surface area contributed by atoms with Gasteiger partial charge in [-0.3, -0.25) is 4.79 Å². The highest BCUT2D eigenvalue weighted by atomic mass is 16.1. The van der Waals surface area contributed by atoms with E-state index in [1.807, 2.05) is 48.1 Å². The second-order valence-corrected chi connectivity index (χ2v) is 3.06. The summed E-state index contributed by atoms with van der Waals surface area (Å²) in [6.45, 7) is 0. The van der Waals surface area contributed by atoms with Crippen LogP contribution in [0.15, 0.2) is 36.5 Å².